The molecule has 0 atom stereocenters. The Hall–Kier alpha value is -3.59. The topological polar surface area (TPSA) is 113 Å². The van der Waals surface area contributed by atoms with Gasteiger partial charge in [-0.15, -0.1) is 0 Å². The van der Waals surface area contributed by atoms with Crippen molar-refractivity contribution >= 4 is 34.7 Å². The number of benzene rings is 2. The molecule has 33 heavy (non-hydrogen) atoms. The third kappa shape index (κ3) is 5.61. The first-order valence-electron chi connectivity index (χ1n) is 10.3. The van der Waals surface area contributed by atoms with Gasteiger partial charge in [0.1, 0.15) is 5.82 Å². The Labute approximate surface area is 194 Å². The van der Waals surface area contributed by atoms with Crippen LogP contribution in [0.1, 0.15) is 19.4 Å². The van der Waals surface area contributed by atoms with Crippen LogP contribution in [0, 0.1) is 11.7 Å². The number of nitrogens with one attached hydrogen (secondary N) is 2. The van der Waals surface area contributed by atoms with Crippen LogP contribution in [0.4, 0.5) is 21.6 Å². The average molecular weight is 474 g/mol. The van der Waals surface area contributed by atoms with Gasteiger partial charge in [0.15, 0.2) is 11.5 Å². The van der Waals surface area contributed by atoms with Gasteiger partial charge in [0.25, 0.3) is 5.56 Å². The van der Waals surface area contributed by atoms with E-state index in [0.717, 1.165) is 5.56 Å². The van der Waals surface area contributed by atoms with E-state index in [4.69, 9.17) is 17.3 Å². The van der Waals surface area contributed by atoms with Gasteiger partial charge in [-0.2, -0.15) is 0 Å². The third-order valence-electron chi connectivity index (χ3n) is 4.90. The second-order valence-electron chi connectivity index (χ2n) is 7.92. The van der Waals surface area contributed by atoms with Crippen LogP contribution in [0.2, 0.25) is 5.02 Å². The summed E-state index contributed by atoms with van der Waals surface area (Å²) in [4.78, 5) is 41.8. The number of halogens is 2. The van der Waals surface area contributed by atoms with Crippen molar-refractivity contribution in [3.05, 3.63) is 85.8 Å². The Balaban J connectivity index is 1.96. The van der Waals surface area contributed by atoms with Crippen LogP contribution < -0.4 is 27.2 Å². The first-order chi connectivity index (χ1) is 15.7. The van der Waals surface area contributed by atoms with E-state index in [0.29, 0.717) is 0 Å². The lowest BCUT2D eigenvalue weighted by Crippen LogP contribution is -2.44. The molecule has 1 amide bonds. The highest BCUT2D eigenvalue weighted by Gasteiger charge is 2.25. The van der Waals surface area contributed by atoms with Crippen LogP contribution in [0.3, 0.4) is 0 Å². The van der Waals surface area contributed by atoms with Gasteiger partial charge < -0.3 is 16.0 Å². The molecule has 3 rings (SSSR count). The zero-order chi connectivity index (χ0) is 24.1. The van der Waals surface area contributed by atoms with E-state index in [2.05, 4.69) is 10.3 Å². The summed E-state index contributed by atoms with van der Waals surface area (Å²) in [5, 5.41) is 2.63. The molecule has 0 saturated carbocycles. The van der Waals surface area contributed by atoms with Gasteiger partial charge in [-0.25, -0.2) is 9.18 Å². The van der Waals surface area contributed by atoms with E-state index in [9.17, 15) is 18.8 Å². The first kappa shape index (κ1) is 24.1. The van der Waals surface area contributed by atoms with Gasteiger partial charge in [-0.1, -0.05) is 61.8 Å². The van der Waals surface area contributed by atoms with Crippen molar-refractivity contribution in [2.45, 2.75) is 20.4 Å². The number of amides is 1. The summed E-state index contributed by atoms with van der Waals surface area (Å²) in [6, 6.07) is 13.5. The molecule has 0 unspecified atom stereocenters. The molecular weight excluding hydrogens is 449 g/mol. The standard InChI is InChI=1S/C23H25ClFN5O3/c1-14(2)12-29(18(31)11-27-17-10-6-9-16(24)19(17)25)20-21(26)30(23(33)28-22(20)32)13-15-7-4-3-5-8-15/h3-10,14,27H,11-13,26H2,1-2H3,(H,28,32,33). The van der Waals surface area contributed by atoms with Crippen LogP contribution in [0.15, 0.2) is 58.1 Å². The predicted octanol–water partition coefficient (Wildman–Crippen LogP) is 3.06. The van der Waals surface area contributed by atoms with Gasteiger partial charge in [-0.3, -0.25) is 19.1 Å². The maximum absolute atomic E-state index is 14.2. The number of nitrogen functional groups attached to an aromatic ring is 1. The summed E-state index contributed by atoms with van der Waals surface area (Å²) < 4.78 is 15.4. The Bertz CT molecular complexity index is 1260. The number of aromatic amines is 1. The maximum atomic E-state index is 14.2. The van der Waals surface area contributed by atoms with E-state index < -0.39 is 23.0 Å². The number of nitrogens with zero attached hydrogens (tertiary/aromatic N) is 2. The Kier molecular flexibility index (Phi) is 7.55. The Morgan fingerprint density at radius 2 is 1.88 bits per heavy atom. The van der Waals surface area contributed by atoms with Gasteiger partial charge in [-0.05, 0) is 23.6 Å². The van der Waals surface area contributed by atoms with Crippen LogP contribution in [0.5, 0.6) is 0 Å². The molecule has 2 aromatic carbocycles. The van der Waals surface area contributed by atoms with Crippen molar-refractivity contribution in [3.8, 4) is 0 Å². The van der Waals surface area contributed by atoms with Crippen LogP contribution in [0.25, 0.3) is 0 Å². The molecule has 0 aliphatic rings. The molecule has 0 fully saturated rings. The van der Waals surface area contributed by atoms with Gasteiger partial charge in [0.05, 0.1) is 23.8 Å². The summed E-state index contributed by atoms with van der Waals surface area (Å²) in [6.45, 7) is 3.70. The first-order valence-corrected chi connectivity index (χ1v) is 10.7. The number of hydrogen-bond acceptors (Lipinski definition) is 5. The molecule has 174 valence electrons. The lowest BCUT2D eigenvalue weighted by molar-refractivity contribution is -0.117. The Morgan fingerprint density at radius 3 is 2.55 bits per heavy atom. The highest BCUT2D eigenvalue weighted by atomic mass is 35.5. The molecule has 3 aromatic rings. The zero-order valence-electron chi connectivity index (χ0n) is 18.3. The van der Waals surface area contributed by atoms with Gasteiger partial charge >= 0.3 is 5.69 Å². The second kappa shape index (κ2) is 10.4. The molecule has 10 heteroatoms. The number of carbonyl (C=O) groups is 1. The van der Waals surface area contributed by atoms with Crippen molar-refractivity contribution in [2.75, 3.05) is 29.0 Å². The van der Waals surface area contributed by atoms with Crippen molar-refractivity contribution < 1.29 is 9.18 Å². The predicted molar refractivity (Wildman–Crippen MR) is 128 cm³/mol. The fourth-order valence-corrected chi connectivity index (χ4v) is 3.53. The van der Waals surface area contributed by atoms with E-state index in [-0.39, 0.29) is 47.8 Å². The number of H-pyrrole nitrogens is 1. The molecular formula is C23H25ClFN5O3. The largest absolute Gasteiger partial charge is 0.383 e. The Morgan fingerprint density at radius 1 is 1.18 bits per heavy atom. The summed E-state index contributed by atoms with van der Waals surface area (Å²) in [6.07, 6.45) is 0. The minimum atomic E-state index is -0.773. The lowest BCUT2D eigenvalue weighted by atomic mass is 10.2. The molecule has 0 saturated heterocycles. The fourth-order valence-electron chi connectivity index (χ4n) is 3.35. The monoisotopic (exact) mass is 473 g/mol. The molecule has 0 aliphatic heterocycles. The SMILES string of the molecule is CC(C)CN(C(=O)CNc1cccc(Cl)c1F)c1c(N)n(Cc2ccccc2)c(=O)[nH]c1=O. The summed E-state index contributed by atoms with van der Waals surface area (Å²) in [5.41, 5.74) is 5.52. The quantitative estimate of drug-likeness (QED) is 0.465. The van der Waals surface area contributed by atoms with Crippen LogP contribution >= 0.6 is 11.6 Å². The van der Waals surface area contributed by atoms with Crippen molar-refractivity contribution in [3.63, 3.8) is 0 Å². The zero-order valence-corrected chi connectivity index (χ0v) is 19.0. The minimum Gasteiger partial charge on any atom is -0.383 e. The van der Waals surface area contributed by atoms with E-state index in [1.165, 1.54) is 21.6 Å². The second-order valence-corrected chi connectivity index (χ2v) is 8.33. The number of anilines is 3. The molecule has 1 aromatic heterocycles. The highest BCUT2D eigenvalue weighted by molar-refractivity contribution is 6.31. The number of hydrogen-bond donors (Lipinski definition) is 3. The molecule has 8 nitrogen and oxygen atoms in total. The summed E-state index contributed by atoms with van der Waals surface area (Å²) >= 11 is 5.79. The van der Waals surface area contributed by atoms with Gasteiger partial charge in [0, 0.05) is 6.54 Å². The van der Waals surface area contributed by atoms with E-state index in [1.807, 2.05) is 44.2 Å². The summed E-state index contributed by atoms with van der Waals surface area (Å²) in [7, 11) is 0. The molecule has 0 bridgehead atoms. The molecule has 0 radical (unpaired) electrons. The van der Waals surface area contributed by atoms with Crippen LogP contribution in [-0.2, 0) is 11.3 Å². The van der Waals surface area contributed by atoms with Crippen molar-refractivity contribution in [1.82, 2.24) is 9.55 Å². The normalized spacial score (nSPS) is 10.9. The molecule has 0 aliphatic carbocycles. The number of rotatable bonds is 8. The smallest absolute Gasteiger partial charge is 0.330 e. The van der Waals surface area contributed by atoms with Crippen molar-refractivity contribution in [1.29, 1.82) is 0 Å². The maximum Gasteiger partial charge on any atom is 0.330 e. The number of carbonyl (C=O) groups excluding carboxylic acids is 1. The molecule has 0 spiro atoms. The third-order valence-corrected chi connectivity index (χ3v) is 5.19. The molecule has 4 N–H and O–H groups in total. The fraction of sp³-hybridized carbons (Fsp3) is 0.261. The highest BCUT2D eigenvalue weighted by Crippen LogP contribution is 2.23. The van der Waals surface area contributed by atoms with Crippen molar-refractivity contribution in [2.24, 2.45) is 5.92 Å². The van der Waals surface area contributed by atoms with E-state index in [1.54, 1.807) is 6.07 Å². The molecule has 1 heterocycles. The summed E-state index contributed by atoms with van der Waals surface area (Å²) in [5.74, 6) is -1.36. The van der Waals surface area contributed by atoms with Crippen LogP contribution in [-0.4, -0.2) is 28.5 Å². The number of nitrogens with two attached hydrogens (primary N) is 1. The van der Waals surface area contributed by atoms with E-state index >= 15 is 0 Å². The minimum absolute atomic E-state index is 0.0230. The average Bonchev–Trinajstić information content (AvgIpc) is 2.77. The van der Waals surface area contributed by atoms with Gasteiger partial charge in [0.2, 0.25) is 5.91 Å². The lowest BCUT2D eigenvalue weighted by Gasteiger charge is -2.26. The number of aromatic nitrogens is 2.